The van der Waals surface area contributed by atoms with E-state index in [0.29, 0.717) is 11.5 Å². The molecule has 0 aliphatic heterocycles. The fourth-order valence-electron chi connectivity index (χ4n) is 2.52. The van der Waals surface area contributed by atoms with Crippen LogP contribution in [-0.4, -0.2) is 14.5 Å². The predicted octanol–water partition coefficient (Wildman–Crippen LogP) is 2.39. The predicted molar refractivity (Wildman–Crippen MR) is 92.4 cm³/mol. The van der Waals surface area contributed by atoms with Gasteiger partial charge in [-0.05, 0) is 37.6 Å². The molecule has 0 radical (unpaired) electrons. The van der Waals surface area contributed by atoms with Gasteiger partial charge in [-0.3, -0.25) is 4.79 Å². The minimum Gasteiger partial charge on any atom is -0.399 e. The van der Waals surface area contributed by atoms with Gasteiger partial charge in [0, 0.05) is 42.3 Å². The smallest absolute Gasteiger partial charge is 0.252 e. The number of hydrogen-bond acceptors (Lipinski definition) is 5. The zero-order valence-electron chi connectivity index (χ0n) is 13.4. The van der Waals surface area contributed by atoms with Crippen LogP contribution in [0, 0.1) is 6.92 Å². The molecular formula is C17H19N5O. The highest BCUT2D eigenvalue weighted by Crippen LogP contribution is 2.26. The zero-order chi connectivity index (χ0) is 16.6. The van der Waals surface area contributed by atoms with Crippen molar-refractivity contribution < 1.29 is 0 Å². The average molecular weight is 309 g/mol. The maximum atomic E-state index is 12.2. The number of nitrogen functional groups attached to an aromatic ring is 1. The van der Waals surface area contributed by atoms with Gasteiger partial charge in [0.15, 0.2) is 0 Å². The zero-order valence-corrected chi connectivity index (χ0v) is 13.4. The van der Waals surface area contributed by atoms with Gasteiger partial charge in [0.1, 0.15) is 5.82 Å². The maximum Gasteiger partial charge on any atom is 0.252 e. The number of nitrogens with two attached hydrogens (primary N) is 1. The first-order valence-corrected chi connectivity index (χ1v) is 7.40. The number of benzene rings is 1. The molecule has 3 N–H and O–H groups in total. The second-order valence-electron chi connectivity index (χ2n) is 5.72. The molecule has 0 saturated carbocycles. The number of aromatic nitrogens is 3. The van der Waals surface area contributed by atoms with E-state index in [1.807, 2.05) is 26.0 Å². The SMILES string of the molecule is Cc1cnc(C(C)Nc2cc(=O)n(C)c3ccc(N)cc23)nc1. The van der Waals surface area contributed by atoms with Gasteiger partial charge in [0.25, 0.3) is 5.56 Å². The van der Waals surface area contributed by atoms with Crippen molar-refractivity contribution in [3.63, 3.8) is 0 Å². The van der Waals surface area contributed by atoms with Crippen molar-refractivity contribution in [1.82, 2.24) is 14.5 Å². The molecule has 1 unspecified atom stereocenters. The monoisotopic (exact) mass is 309 g/mol. The molecule has 118 valence electrons. The van der Waals surface area contributed by atoms with Gasteiger partial charge in [-0.1, -0.05) is 0 Å². The van der Waals surface area contributed by atoms with Crippen LogP contribution in [0.2, 0.25) is 0 Å². The second kappa shape index (κ2) is 5.72. The van der Waals surface area contributed by atoms with E-state index in [4.69, 9.17) is 5.73 Å². The quantitative estimate of drug-likeness (QED) is 0.726. The van der Waals surface area contributed by atoms with Crippen LogP contribution in [0.5, 0.6) is 0 Å². The molecule has 23 heavy (non-hydrogen) atoms. The third-order valence-corrected chi connectivity index (χ3v) is 3.83. The minimum atomic E-state index is -0.132. The number of hydrogen-bond donors (Lipinski definition) is 2. The van der Waals surface area contributed by atoms with Crippen molar-refractivity contribution in [2.24, 2.45) is 7.05 Å². The van der Waals surface area contributed by atoms with Crippen LogP contribution in [0.15, 0.2) is 41.5 Å². The molecule has 6 heteroatoms. The summed E-state index contributed by atoms with van der Waals surface area (Å²) in [4.78, 5) is 20.8. The average Bonchev–Trinajstić information content (AvgIpc) is 2.53. The Morgan fingerprint density at radius 1 is 1.22 bits per heavy atom. The Labute approximate surface area is 134 Å². The lowest BCUT2D eigenvalue weighted by Gasteiger charge is -2.17. The van der Waals surface area contributed by atoms with Crippen LogP contribution >= 0.6 is 0 Å². The molecule has 3 rings (SSSR count). The van der Waals surface area contributed by atoms with Crippen molar-refractivity contribution in [1.29, 1.82) is 0 Å². The molecule has 2 aromatic heterocycles. The van der Waals surface area contributed by atoms with Gasteiger partial charge in [0.2, 0.25) is 0 Å². The fraction of sp³-hybridized carbons (Fsp3) is 0.235. The van der Waals surface area contributed by atoms with Gasteiger partial charge in [-0.15, -0.1) is 0 Å². The van der Waals surface area contributed by atoms with Gasteiger partial charge in [0.05, 0.1) is 11.6 Å². The van der Waals surface area contributed by atoms with Crippen molar-refractivity contribution >= 4 is 22.3 Å². The normalized spacial score (nSPS) is 12.3. The highest BCUT2D eigenvalue weighted by Gasteiger charge is 2.12. The van der Waals surface area contributed by atoms with Crippen molar-refractivity contribution in [2.75, 3.05) is 11.1 Å². The van der Waals surface area contributed by atoms with Crippen molar-refractivity contribution in [2.45, 2.75) is 19.9 Å². The van der Waals surface area contributed by atoms with E-state index >= 15 is 0 Å². The lowest BCUT2D eigenvalue weighted by Crippen LogP contribution is -2.19. The standard InChI is InChI=1S/C17H19N5O/c1-10-8-19-17(20-9-10)11(2)21-14-7-16(23)22(3)15-5-4-12(18)6-13(14)15/h4-9,11,21H,18H2,1-3H3. The molecule has 0 fully saturated rings. The maximum absolute atomic E-state index is 12.2. The molecule has 0 saturated heterocycles. The summed E-state index contributed by atoms with van der Waals surface area (Å²) in [5.74, 6) is 0.674. The first-order chi connectivity index (χ1) is 11.0. The Kier molecular flexibility index (Phi) is 3.73. The van der Waals surface area contributed by atoms with E-state index in [0.717, 1.165) is 22.2 Å². The van der Waals surface area contributed by atoms with Crippen LogP contribution < -0.4 is 16.6 Å². The number of pyridine rings is 1. The molecular weight excluding hydrogens is 290 g/mol. The van der Waals surface area contributed by atoms with Crippen LogP contribution in [0.1, 0.15) is 24.4 Å². The van der Waals surface area contributed by atoms with Crippen molar-refractivity contribution in [3.8, 4) is 0 Å². The summed E-state index contributed by atoms with van der Waals surface area (Å²) < 4.78 is 1.60. The number of nitrogens with one attached hydrogen (secondary N) is 1. The van der Waals surface area contributed by atoms with Crippen LogP contribution in [0.3, 0.4) is 0 Å². The fourth-order valence-corrected chi connectivity index (χ4v) is 2.52. The van der Waals surface area contributed by atoms with Gasteiger partial charge in [-0.2, -0.15) is 0 Å². The second-order valence-corrected chi connectivity index (χ2v) is 5.72. The lowest BCUT2D eigenvalue weighted by molar-refractivity contribution is 0.785. The summed E-state index contributed by atoms with van der Waals surface area (Å²) in [7, 11) is 1.75. The van der Waals surface area contributed by atoms with Crippen LogP contribution in [0.25, 0.3) is 10.9 Å². The van der Waals surface area contributed by atoms with Gasteiger partial charge in [-0.25, -0.2) is 9.97 Å². The van der Waals surface area contributed by atoms with E-state index in [1.54, 1.807) is 36.1 Å². The molecule has 0 amide bonds. The number of nitrogens with zero attached hydrogens (tertiary/aromatic N) is 3. The Bertz CT molecular complexity index is 915. The lowest BCUT2D eigenvalue weighted by atomic mass is 10.1. The summed E-state index contributed by atoms with van der Waals surface area (Å²) in [6.07, 6.45) is 3.56. The number of aryl methyl sites for hydroxylation is 2. The number of anilines is 2. The highest BCUT2D eigenvalue weighted by molar-refractivity contribution is 5.93. The summed E-state index contributed by atoms with van der Waals surface area (Å²) in [6.45, 7) is 3.90. The minimum absolute atomic E-state index is 0.0817. The van der Waals surface area contributed by atoms with E-state index in [1.165, 1.54) is 0 Å². The Morgan fingerprint density at radius 2 is 1.91 bits per heavy atom. The Hall–Kier alpha value is -2.89. The molecule has 0 bridgehead atoms. The van der Waals surface area contributed by atoms with E-state index < -0.39 is 0 Å². The third-order valence-electron chi connectivity index (χ3n) is 3.83. The molecule has 0 aliphatic carbocycles. The number of fused-ring (bicyclic) bond motifs is 1. The topological polar surface area (TPSA) is 85.8 Å². The molecule has 6 nitrogen and oxygen atoms in total. The summed E-state index contributed by atoms with van der Waals surface area (Å²) in [5.41, 5.74) is 9.03. The third kappa shape index (κ3) is 2.88. The Balaban J connectivity index is 2.05. The molecule has 1 aromatic carbocycles. The molecule has 0 aliphatic rings. The van der Waals surface area contributed by atoms with Gasteiger partial charge >= 0.3 is 0 Å². The van der Waals surface area contributed by atoms with Gasteiger partial charge < -0.3 is 15.6 Å². The van der Waals surface area contributed by atoms with Crippen LogP contribution in [-0.2, 0) is 7.05 Å². The van der Waals surface area contributed by atoms with Crippen molar-refractivity contribution in [3.05, 3.63) is 58.4 Å². The summed E-state index contributed by atoms with van der Waals surface area (Å²) in [6, 6.07) is 6.95. The molecule has 0 spiro atoms. The molecule has 3 aromatic rings. The molecule has 2 heterocycles. The first-order valence-electron chi connectivity index (χ1n) is 7.40. The van der Waals surface area contributed by atoms with E-state index in [9.17, 15) is 4.79 Å². The van der Waals surface area contributed by atoms with E-state index in [-0.39, 0.29) is 11.6 Å². The Morgan fingerprint density at radius 3 is 2.61 bits per heavy atom. The summed E-state index contributed by atoms with van der Waals surface area (Å²) >= 11 is 0. The molecule has 1 atom stereocenters. The van der Waals surface area contributed by atoms with Crippen LogP contribution in [0.4, 0.5) is 11.4 Å². The highest BCUT2D eigenvalue weighted by atomic mass is 16.1. The largest absolute Gasteiger partial charge is 0.399 e. The first kappa shape index (κ1) is 15.0. The number of rotatable bonds is 3. The summed E-state index contributed by atoms with van der Waals surface area (Å²) in [5, 5.41) is 4.22. The van der Waals surface area contributed by atoms with E-state index in [2.05, 4.69) is 15.3 Å².